The van der Waals surface area contributed by atoms with Gasteiger partial charge in [-0.1, -0.05) is 13.0 Å². The molecule has 2 aromatic rings. The van der Waals surface area contributed by atoms with Crippen molar-refractivity contribution in [2.45, 2.75) is 46.3 Å². The van der Waals surface area contributed by atoms with Crippen molar-refractivity contribution in [2.75, 3.05) is 26.7 Å². The van der Waals surface area contributed by atoms with Crippen LogP contribution < -0.4 is 10.6 Å². The molecule has 0 bridgehead atoms. The second-order valence-corrected chi connectivity index (χ2v) is 7.37. The van der Waals surface area contributed by atoms with Crippen LogP contribution in [0.4, 0.5) is 4.79 Å². The molecule has 0 fully saturated rings. The molecule has 2 rings (SSSR count). The van der Waals surface area contributed by atoms with Gasteiger partial charge in [0.2, 0.25) is 0 Å². The number of guanidine groups is 1. The Bertz CT molecular complexity index is 795. The van der Waals surface area contributed by atoms with E-state index in [1.54, 1.807) is 11.9 Å². The van der Waals surface area contributed by atoms with Gasteiger partial charge in [-0.15, -0.1) is 10.2 Å². The van der Waals surface area contributed by atoms with Crippen molar-refractivity contribution in [1.82, 2.24) is 30.1 Å². The topological polar surface area (TPSA) is 96.1 Å². The van der Waals surface area contributed by atoms with Gasteiger partial charge in [-0.25, -0.2) is 4.79 Å². The lowest BCUT2D eigenvalue weighted by Crippen LogP contribution is -2.44. The molecule has 1 amide bonds. The monoisotopic (exact) mass is 389 g/mol. The quantitative estimate of drug-likeness (QED) is 0.556. The molecular formula is C19H31N7O2. The van der Waals surface area contributed by atoms with E-state index < -0.39 is 5.60 Å². The molecule has 0 saturated carbocycles. The van der Waals surface area contributed by atoms with Crippen LogP contribution >= 0.6 is 0 Å². The van der Waals surface area contributed by atoms with E-state index in [1.807, 2.05) is 56.5 Å². The van der Waals surface area contributed by atoms with E-state index in [0.29, 0.717) is 32.1 Å². The highest BCUT2D eigenvalue weighted by molar-refractivity contribution is 5.79. The molecular weight excluding hydrogens is 358 g/mol. The molecule has 0 atom stereocenters. The highest BCUT2D eigenvalue weighted by atomic mass is 16.6. The summed E-state index contributed by atoms with van der Waals surface area (Å²) in [6.45, 7) is 9.85. The Kier molecular flexibility index (Phi) is 7.60. The van der Waals surface area contributed by atoms with Gasteiger partial charge in [0.25, 0.3) is 0 Å². The first kappa shape index (κ1) is 21.5. The molecule has 2 aromatic heterocycles. The lowest BCUT2D eigenvalue weighted by atomic mass is 10.2. The Morgan fingerprint density at radius 3 is 2.71 bits per heavy atom. The predicted octanol–water partition coefficient (Wildman–Crippen LogP) is 2.04. The molecule has 0 aliphatic heterocycles. The first-order chi connectivity index (χ1) is 13.3. The number of hydrogen-bond acceptors (Lipinski definition) is 5. The summed E-state index contributed by atoms with van der Waals surface area (Å²) in [7, 11) is 1.70. The number of aliphatic imine (C=N–C) groups is 1. The average molecular weight is 390 g/mol. The van der Waals surface area contributed by atoms with Crippen LogP contribution in [-0.2, 0) is 11.3 Å². The van der Waals surface area contributed by atoms with Gasteiger partial charge in [-0.05, 0) is 39.3 Å². The highest BCUT2D eigenvalue weighted by Gasteiger charge is 2.21. The normalized spacial score (nSPS) is 12.1. The van der Waals surface area contributed by atoms with Gasteiger partial charge < -0.3 is 20.3 Å². The minimum absolute atomic E-state index is 0.297. The van der Waals surface area contributed by atoms with E-state index in [1.165, 1.54) is 0 Å². The molecule has 2 N–H and O–H groups in total. The fourth-order valence-electron chi connectivity index (χ4n) is 2.59. The maximum atomic E-state index is 12.3. The van der Waals surface area contributed by atoms with E-state index in [0.717, 1.165) is 17.9 Å². The number of amides is 1. The molecule has 0 saturated heterocycles. The first-order valence-electron chi connectivity index (χ1n) is 9.55. The zero-order valence-corrected chi connectivity index (χ0v) is 17.4. The van der Waals surface area contributed by atoms with Gasteiger partial charge in [-0.3, -0.25) is 9.39 Å². The summed E-state index contributed by atoms with van der Waals surface area (Å²) in [5.41, 5.74) is 0.296. The summed E-state index contributed by atoms with van der Waals surface area (Å²) in [5, 5.41) is 14.8. The summed E-state index contributed by atoms with van der Waals surface area (Å²) in [5.74, 6) is 1.42. The van der Waals surface area contributed by atoms with Crippen LogP contribution in [0.2, 0.25) is 0 Å². The summed E-state index contributed by atoms with van der Waals surface area (Å²) in [6.07, 6.45) is 2.49. The maximum absolute atomic E-state index is 12.3. The zero-order valence-electron chi connectivity index (χ0n) is 17.4. The van der Waals surface area contributed by atoms with Gasteiger partial charge in [0, 0.05) is 32.9 Å². The van der Waals surface area contributed by atoms with Crippen LogP contribution in [0.3, 0.4) is 0 Å². The van der Waals surface area contributed by atoms with Crippen molar-refractivity contribution in [3.63, 3.8) is 0 Å². The van der Waals surface area contributed by atoms with E-state index in [-0.39, 0.29) is 6.09 Å². The summed E-state index contributed by atoms with van der Waals surface area (Å²) in [4.78, 5) is 18.2. The molecule has 9 nitrogen and oxygen atoms in total. The molecule has 0 aromatic carbocycles. The molecule has 0 aliphatic carbocycles. The minimum Gasteiger partial charge on any atom is -0.444 e. The van der Waals surface area contributed by atoms with Gasteiger partial charge in [0.1, 0.15) is 5.60 Å². The van der Waals surface area contributed by atoms with Crippen molar-refractivity contribution in [1.29, 1.82) is 0 Å². The van der Waals surface area contributed by atoms with E-state index >= 15 is 0 Å². The number of aromatic nitrogens is 3. The van der Waals surface area contributed by atoms with Gasteiger partial charge in [-0.2, -0.15) is 0 Å². The smallest absolute Gasteiger partial charge is 0.410 e. The number of nitrogens with one attached hydrogen (secondary N) is 2. The molecule has 154 valence electrons. The average Bonchev–Trinajstić information content (AvgIpc) is 3.05. The number of nitrogens with zero attached hydrogens (tertiary/aromatic N) is 5. The fourth-order valence-corrected chi connectivity index (χ4v) is 2.59. The number of pyridine rings is 1. The number of ether oxygens (including phenoxy) is 1. The lowest BCUT2D eigenvalue weighted by molar-refractivity contribution is 0.0253. The Hall–Kier alpha value is -2.84. The van der Waals surface area contributed by atoms with Crippen molar-refractivity contribution in [3.05, 3.63) is 30.2 Å². The van der Waals surface area contributed by atoms with Gasteiger partial charge in [0.15, 0.2) is 17.4 Å². The fraction of sp³-hybridized carbons (Fsp3) is 0.579. The largest absolute Gasteiger partial charge is 0.444 e. The number of hydrogen-bond donors (Lipinski definition) is 2. The SMILES string of the molecule is CCCN(CCNC(=NC)NCc1nnc2ccccn12)C(=O)OC(C)(C)C. The van der Waals surface area contributed by atoms with Crippen LogP contribution in [-0.4, -0.2) is 63.8 Å². The summed E-state index contributed by atoms with van der Waals surface area (Å²) >= 11 is 0. The van der Waals surface area contributed by atoms with Crippen LogP contribution in [0, 0.1) is 0 Å². The molecule has 2 heterocycles. The predicted molar refractivity (Wildman–Crippen MR) is 109 cm³/mol. The van der Waals surface area contributed by atoms with Crippen molar-refractivity contribution >= 4 is 17.7 Å². The third kappa shape index (κ3) is 6.40. The number of carbonyl (C=O) groups is 1. The lowest BCUT2D eigenvalue weighted by Gasteiger charge is -2.27. The number of carbonyl (C=O) groups excluding carboxylic acids is 1. The van der Waals surface area contributed by atoms with E-state index in [2.05, 4.69) is 25.8 Å². The maximum Gasteiger partial charge on any atom is 0.410 e. The van der Waals surface area contributed by atoms with Crippen LogP contribution in [0.15, 0.2) is 29.4 Å². The molecule has 28 heavy (non-hydrogen) atoms. The second-order valence-electron chi connectivity index (χ2n) is 7.37. The van der Waals surface area contributed by atoms with E-state index in [9.17, 15) is 4.79 Å². The van der Waals surface area contributed by atoms with Crippen molar-refractivity contribution in [2.24, 2.45) is 4.99 Å². The van der Waals surface area contributed by atoms with Crippen molar-refractivity contribution < 1.29 is 9.53 Å². The van der Waals surface area contributed by atoms with Gasteiger partial charge >= 0.3 is 6.09 Å². The number of rotatable bonds is 7. The summed E-state index contributed by atoms with van der Waals surface area (Å²) in [6, 6.07) is 5.77. The molecule has 0 aliphatic rings. The zero-order chi connectivity index (χ0) is 20.6. The van der Waals surface area contributed by atoms with Gasteiger partial charge in [0.05, 0.1) is 6.54 Å². The summed E-state index contributed by atoms with van der Waals surface area (Å²) < 4.78 is 7.39. The molecule has 0 radical (unpaired) electrons. The van der Waals surface area contributed by atoms with Crippen molar-refractivity contribution in [3.8, 4) is 0 Å². The molecule has 0 spiro atoms. The second kappa shape index (κ2) is 9.91. The minimum atomic E-state index is -0.505. The van der Waals surface area contributed by atoms with Crippen LogP contribution in [0.5, 0.6) is 0 Å². The number of fused-ring (bicyclic) bond motifs is 1. The third-order valence-electron chi connectivity index (χ3n) is 3.84. The standard InChI is InChI=1S/C19H31N7O2/c1-6-11-25(18(27)28-19(2,3)4)13-10-21-17(20-5)22-14-16-24-23-15-9-7-8-12-26(15)16/h7-9,12H,6,10-11,13-14H2,1-5H3,(H2,20,21,22). The Labute approximate surface area is 166 Å². The van der Waals surface area contributed by atoms with E-state index in [4.69, 9.17) is 4.74 Å². The highest BCUT2D eigenvalue weighted by Crippen LogP contribution is 2.10. The molecule has 0 unspecified atom stereocenters. The Balaban J connectivity index is 1.84. The molecule has 9 heteroatoms. The van der Waals surface area contributed by atoms with Crippen LogP contribution in [0.1, 0.15) is 39.9 Å². The Morgan fingerprint density at radius 2 is 2.04 bits per heavy atom. The Morgan fingerprint density at radius 1 is 1.25 bits per heavy atom. The third-order valence-corrected chi connectivity index (χ3v) is 3.84. The van der Waals surface area contributed by atoms with Crippen LogP contribution in [0.25, 0.3) is 5.65 Å². The first-order valence-corrected chi connectivity index (χ1v) is 9.55.